The second-order valence-corrected chi connectivity index (χ2v) is 4.29. The van der Waals surface area contributed by atoms with Crippen LogP contribution >= 0.6 is 0 Å². The van der Waals surface area contributed by atoms with Crippen LogP contribution in [0.4, 0.5) is 0 Å². The predicted molar refractivity (Wildman–Crippen MR) is 71.0 cm³/mol. The molecular formula is C13H26N2O2. The second kappa shape index (κ2) is 10.3. The lowest BCUT2D eigenvalue weighted by molar-refractivity contribution is -0.137. The lowest BCUT2D eigenvalue weighted by Crippen LogP contribution is -2.29. The number of nitrogens with zero attached hydrogens (tertiary/aromatic N) is 1. The lowest BCUT2D eigenvalue weighted by Gasteiger charge is -2.20. The van der Waals surface area contributed by atoms with E-state index in [4.69, 9.17) is 4.74 Å². The Hall–Kier alpha value is -0.870. The summed E-state index contributed by atoms with van der Waals surface area (Å²) in [5.74, 6) is -0.270. The summed E-state index contributed by atoms with van der Waals surface area (Å²) >= 11 is 0. The Morgan fingerprint density at radius 1 is 1.47 bits per heavy atom. The SMILES string of the molecule is CCOC(=O)/C=C/CNCCCN(C)C(C)C. The van der Waals surface area contributed by atoms with Crippen molar-refractivity contribution in [1.82, 2.24) is 10.2 Å². The molecule has 1 N–H and O–H groups in total. The quantitative estimate of drug-likeness (QED) is 0.377. The molecule has 4 heteroatoms. The molecule has 0 aromatic rings. The van der Waals surface area contributed by atoms with Gasteiger partial charge in [-0.2, -0.15) is 0 Å². The number of rotatable bonds is 9. The summed E-state index contributed by atoms with van der Waals surface area (Å²) < 4.78 is 4.77. The minimum atomic E-state index is -0.270. The molecule has 0 saturated carbocycles. The molecular weight excluding hydrogens is 216 g/mol. The topological polar surface area (TPSA) is 41.6 Å². The summed E-state index contributed by atoms with van der Waals surface area (Å²) in [5, 5.41) is 3.26. The highest BCUT2D eigenvalue weighted by molar-refractivity contribution is 5.81. The Bertz CT molecular complexity index is 227. The van der Waals surface area contributed by atoms with Crippen molar-refractivity contribution in [1.29, 1.82) is 0 Å². The molecule has 4 nitrogen and oxygen atoms in total. The molecule has 0 bridgehead atoms. The van der Waals surface area contributed by atoms with Crippen LogP contribution in [0.5, 0.6) is 0 Å². The third-order valence-electron chi connectivity index (χ3n) is 2.55. The first-order chi connectivity index (χ1) is 8.07. The van der Waals surface area contributed by atoms with E-state index in [9.17, 15) is 4.79 Å². The number of hydrogen-bond acceptors (Lipinski definition) is 4. The Balaban J connectivity index is 3.38. The molecule has 0 aliphatic heterocycles. The van der Waals surface area contributed by atoms with Crippen molar-refractivity contribution in [2.24, 2.45) is 0 Å². The molecule has 0 fully saturated rings. The Labute approximate surface area is 105 Å². The summed E-state index contributed by atoms with van der Waals surface area (Å²) in [6.07, 6.45) is 4.38. The maximum absolute atomic E-state index is 11.0. The van der Waals surface area contributed by atoms with Crippen LogP contribution in [-0.2, 0) is 9.53 Å². The van der Waals surface area contributed by atoms with Crippen molar-refractivity contribution in [2.45, 2.75) is 33.2 Å². The largest absolute Gasteiger partial charge is 0.463 e. The molecule has 0 unspecified atom stereocenters. The highest BCUT2D eigenvalue weighted by Gasteiger charge is 2.00. The van der Waals surface area contributed by atoms with E-state index in [1.54, 1.807) is 13.0 Å². The van der Waals surface area contributed by atoms with E-state index in [1.807, 2.05) is 0 Å². The highest BCUT2D eigenvalue weighted by Crippen LogP contribution is 1.93. The van der Waals surface area contributed by atoms with Crippen molar-refractivity contribution in [3.05, 3.63) is 12.2 Å². The lowest BCUT2D eigenvalue weighted by atomic mass is 10.3. The van der Waals surface area contributed by atoms with Gasteiger partial charge in [0.05, 0.1) is 6.61 Å². The van der Waals surface area contributed by atoms with Crippen LogP contribution in [-0.4, -0.2) is 50.2 Å². The van der Waals surface area contributed by atoms with E-state index in [2.05, 4.69) is 31.1 Å². The van der Waals surface area contributed by atoms with Crippen LogP contribution in [0.2, 0.25) is 0 Å². The number of carbonyl (C=O) groups is 1. The predicted octanol–water partition coefficient (Wildman–Crippen LogP) is 1.43. The van der Waals surface area contributed by atoms with Gasteiger partial charge in [-0.05, 0) is 47.3 Å². The van der Waals surface area contributed by atoms with Crippen molar-refractivity contribution >= 4 is 5.97 Å². The minimum absolute atomic E-state index is 0.270. The van der Waals surface area contributed by atoms with E-state index in [1.165, 1.54) is 6.08 Å². The summed E-state index contributed by atoms with van der Waals surface area (Å²) in [6.45, 7) is 9.37. The first-order valence-electron chi connectivity index (χ1n) is 6.32. The van der Waals surface area contributed by atoms with Crippen LogP contribution in [0.1, 0.15) is 27.2 Å². The molecule has 0 amide bonds. The zero-order valence-electron chi connectivity index (χ0n) is 11.5. The molecule has 17 heavy (non-hydrogen) atoms. The van der Waals surface area contributed by atoms with Gasteiger partial charge < -0.3 is 15.0 Å². The van der Waals surface area contributed by atoms with E-state index >= 15 is 0 Å². The number of esters is 1. The van der Waals surface area contributed by atoms with Gasteiger partial charge in [0.25, 0.3) is 0 Å². The average Bonchev–Trinajstić information content (AvgIpc) is 2.27. The average molecular weight is 242 g/mol. The van der Waals surface area contributed by atoms with Crippen LogP contribution in [0.25, 0.3) is 0 Å². The van der Waals surface area contributed by atoms with Gasteiger partial charge in [0.15, 0.2) is 0 Å². The molecule has 0 aromatic carbocycles. The highest BCUT2D eigenvalue weighted by atomic mass is 16.5. The maximum atomic E-state index is 11.0. The van der Waals surface area contributed by atoms with Crippen LogP contribution in [0.3, 0.4) is 0 Å². The number of ether oxygens (including phenoxy) is 1. The standard InChI is InChI=1S/C13H26N2O2/c1-5-17-13(16)8-6-9-14-10-7-11-15(4)12(2)3/h6,8,12,14H,5,7,9-11H2,1-4H3/b8-6+. The number of carbonyl (C=O) groups excluding carboxylic acids is 1. The van der Waals surface area contributed by atoms with Gasteiger partial charge in [0.1, 0.15) is 0 Å². The fraction of sp³-hybridized carbons (Fsp3) is 0.769. The van der Waals surface area contributed by atoms with E-state index in [0.29, 0.717) is 19.2 Å². The van der Waals surface area contributed by atoms with Crippen molar-refractivity contribution in [3.63, 3.8) is 0 Å². The van der Waals surface area contributed by atoms with Gasteiger partial charge in [-0.25, -0.2) is 4.79 Å². The van der Waals surface area contributed by atoms with E-state index in [-0.39, 0.29) is 5.97 Å². The zero-order valence-corrected chi connectivity index (χ0v) is 11.5. The fourth-order valence-electron chi connectivity index (χ4n) is 1.24. The van der Waals surface area contributed by atoms with Gasteiger partial charge in [-0.3, -0.25) is 0 Å². The normalized spacial score (nSPS) is 11.6. The second-order valence-electron chi connectivity index (χ2n) is 4.29. The molecule has 0 heterocycles. The van der Waals surface area contributed by atoms with E-state index in [0.717, 1.165) is 19.5 Å². The summed E-state index contributed by atoms with van der Waals surface area (Å²) in [4.78, 5) is 13.3. The third-order valence-corrected chi connectivity index (χ3v) is 2.55. The Kier molecular flexibility index (Phi) is 9.77. The van der Waals surface area contributed by atoms with E-state index < -0.39 is 0 Å². The molecule has 0 saturated heterocycles. The molecule has 0 rings (SSSR count). The van der Waals surface area contributed by atoms with Crippen LogP contribution in [0.15, 0.2) is 12.2 Å². The van der Waals surface area contributed by atoms with Gasteiger partial charge in [-0.15, -0.1) is 0 Å². The zero-order chi connectivity index (χ0) is 13.1. The molecule has 0 atom stereocenters. The first kappa shape index (κ1) is 16.1. The number of hydrogen-bond donors (Lipinski definition) is 1. The van der Waals surface area contributed by atoms with Crippen molar-refractivity contribution < 1.29 is 9.53 Å². The minimum Gasteiger partial charge on any atom is -0.463 e. The third kappa shape index (κ3) is 10.0. The van der Waals surface area contributed by atoms with Gasteiger partial charge in [0, 0.05) is 18.7 Å². The number of nitrogens with one attached hydrogen (secondary N) is 1. The summed E-state index contributed by atoms with van der Waals surface area (Å²) in [7, 11) is 2.13. The summed E-state index contributed by atoms with van der Waals surface area (Å²) in [5.41, 5.74) is 0. The molecule has 0 radical (unpaired) electrons. The molecule has 0 aliphatic carbocycles. The summed E-state index contributed by atoms with van der Waals surface area (Å²) in [6, 6.07) is 0.596. The van der Waals surface area contributed by atoms with Crippen molar-refractivity contribution in [3.8, 4) is 0 Å². The Morgan fingerprint density at radius 3 is 2.76 bits per heavy atom. The van der Waals surface area contributed by atoms with Gasteiger partial charge >= 0.3 is 5.97 Å². The van der Waals surface area contributed by atoms with Crippen molar-refractivity contribution in [2.75, 3.05) is 33.3 Å². The molecule has 0 spiro atoms. The van der Waals surface area contributed by atoms with Crippen LogP contribution in [0, 0.1) is 0 Å². The maximum Gasteiger partial charge on any atom is 0.330 e. The molecule has 100 valence electrons. The van der Waals surface area contributed by atoms with Gasteiger partial charge in [0.2, 0.25) is 0 Å². The fourth-order valence-corrected chi connectivity index (χ4v) is 1.24. The van der Waals surface area contributed by atoms with Crippen LogP contribution < -0.4 is 5.32 Å². The smallest absolute Gasteiger partial charge is 0.330 e. The molecule has 0 aliphatic rings. The molecule has 0 aromatic heterocycles. The Morgan fingerprint density at radius 2 is 2.18 bits per heavy atom. The monoisotopic (exact) mass is 242 g/mol. The van der Waals surface area contributed by atoms with Gasteiger partial charge in [-0.1, -0.05) is 6.08 Å². The first-order valence-corrected chi connectivity index (χ1v) is 6.32.